The average molecular weight is 237 g/mol. The number of hydrogen-bond acceptors (Lipinski definition) is 3. The van der Waals surface area contributed by atoms with Crippen LogP contribution in [-0.4, -0.2) is 0 Å². The Morgan fingerprint density at radius 2 is 2.27 bits per heavy atom. The second kappa shape index (κ2) is 3.89. The third-order valence-electron chi connectivity index (χ3n) is 3.11. The number of hydrogen-bond donors (Lipinski definition) is 1. The van der Waals surface area contributed by atoms with Crippen LogP contribution in [0.5, 0.6) is 0 Å². The van der Waals surface area contributed by atoms with Crippen LogP contribution in [0.2, 0.25) is 0 Å². The summed E-state index contributed by atoms with van der Waals surface area (Å²) in [6.45, 7) is 0. The van der Waals surface area contributed by atoms with E-state index in [4.69, 9.17) is 5.73 Å². The van der Waals surface area contributed by atoms with E-state index in [0.717, 1.165) is 5.92 Å². The Morgan fingerprint density at radius 1 is 1.40 bits per heavy atom. The lowest BCUT2D eigenvalue weighted by Gasteiger charge is -2.07. The van der Waals surface area contributed by atoms with Crippen LogP contribution in [0.3, 0.4) is 0 Å². The van der Waals surface area contributed by atoms with Crippen LogP contribution in [-0.2, 0) is 0 Å². The summed E-state index contributed by atoms with van der Waals surface area (Å²) in [7, 11) is 0. The van der Waals surface area contributed by atoms with Gasteiger partial charge in [0, 0.05) is 20.3 Å². The van der Waals surface area contributed by atoms with Crippen molar-refractivity contribution in [2.45, 2.75) is 31.7 Å². The van der Waals surface area contributed by atoms with E-state index in [1.807, 2.05) is 22.7 Å². The Kier molecular flexibility index (Phi) is 2.54. The Balaban J connectivity index is 1.71. The number of fused-ring (bicyclic) bond motifs is 1. The van der Waals surface area contributed by atoms with E-state index >= 15 is 0 Å². The fourth-order valence-electron chi connectivity index (χ4n) is 1.93. The van der Waals surface area contributed by atoms with Crippen molar-refractivity contribution >= 4 is 32.1 Å². The van der Waals surface area contributed by atoms with Crippen LogP contribution in [0.15, 0.2) is 17.5 Å². The summed E-state index contributed by atoms with van der Waals surface area (Å²) in [4.78, 5) is 1.37. The summed E-state index contributed by atoms with van der Waals surface area (Å²) in [5, 5.41) is 2.15. The van der Waals surface area contributed by atoms with E-state index in [9.17, 15) is 0 Å². The zero-order valence-corrected chi connectivity index (χ0v) is 10.2. The Hall–Kier alpha value is -0.380. The molecule has 0 bridgehead atoms. The maximum atomic E-state index is 6.21. The molecular weight excluding hydrogens is 222 g/mol. The van der Waals surface area contributed by atoms with E-state index in [2.05, 4.69) is 17.5 Å². The summed E-state index contributed by atoms with van der Waals surface area (Å²) >= 11 is 3.69. The quantitative estimate of drug-likeness (QED) is 0.849. The zero-order valence-electron chi connectivity index (χ0n) is 8.61. The number of rotatable bonds is 4. The molecule has 0 radical (unpaired) electrons. The second-order valence-corrected chi connectivity index (χ2v) is 6.49. The molecule has 1 nitrogen and oxygen atoms in total. The highest BCUT2D eigenvalue weighted by atomic mass is 32.1. The highest BCUT2D eigenvalue weighted by Gasteiger charge is 2.22. The van der Waals surface area contributed by atoms with Gasteiger partial charge in [0.15, 0.2) is 0 Å². The Labute approximate surface area is 97.9 Å². The van der Waals surface area contributed by atoms with Crippen molar-refractivity contribution in [3.05, 3.63) is 22.4 Å². The van der Waals surface area contributed by atoms with Gasteiger partial charge in [0.25, 0.3) is 0 Å². The molecule has 1 saturated carbocycles. The van der Waals surface area contributed by atoms with E-state index < -0.39 is 0 Å². The molecule has 3 rings (SSSR count). The lowest BCUT2D eigenvalue weighted by atomic mass is 10.1. The van der Waals surface area contributed by atoms with Crippen LogP contribution in [0, 0.1) is 5.92 Å². The highest BCUT2D eigenvalue weighted by molar-refractivity contribution is 7.26. The van der Waals surface area contributed by atoms with E-state index in [-0.39, 0.29) is 6.04 Å². The first-order chi connectivity index (χ1) is 7.33. The van der Waals surface area contributed by atoms with Gasteiger partial charge in [-0.3, -0.25) is 0 Å². The molecule has 0 aliphatic heterocycles. The first-order valence-corrected chi connectivity index (χ1v) is 7.25. The zero-order chi connectivity index (χ0) is 10.3. The molecule has 0 spiro atoms. The van der Waals surface area contributed by atoms with Crippen molar-refractivity contribution in [1.29, 1.82) is 0 Å². The smallest absolute Gasteiger partial charge is 0.0454 e. The molecule has 3 heteroatoms. The van der Waals surface area contributed by atoms with Crippen molar-refractivity contribution in [3.8, 4) is 0 Å². The molecule has 2 N–H and O–H groups in total. The topological polar surface area (TPSA) is 26.0 Å². The predicted molar refractivity (Wildman–Crippen MR) is 68.6 cm³/mol. The van der Waals surface area contributed by atoms with E-state index in [1.165, 1.54) is 40.0 Å². The monoisotopic (exact) mass is 237 g/mol. The SMILES string of the molecule is NC(CCC1CC1)c1cc2sccc2s1. The number of nitrogens with two attached hydrogens (primary N) is 1. The predicted octanol–water partition coefficient (Wildman–Crippen LogP) is 4.15. The fourth-order valence-corrected chi connectivity index (χ4v) is 4.09. The molecule has 0 aromatic carbocycles. The molecule has 2 heterocycles. The van der Waals surface area contributed by atoms with Gasteiger partial charge in [-0.15, -0.1) is 22.7 Å². The molecule has 1 unspecified atom stereocenters. The molecule has 1 aliphatic rings. The van der Waals surface area contributed by atoms with Gasteiger partial charge in [0.1, 0.15) is 0 Å². The number of thiophene rings is 2. The molecule has 2 aromatic heterocycles. The maximum Gasteiger partial charge on any atom is 0.0454 e. The van der Waals surface area contributed by atoms with Crippen molar-refractivity contribution in [2.24, 2.45) is 11.7 Å². The standard InChI is InChI=1S/C12H15NS2/c13-9(4-3-8-1-2-8)11-7-12-10(15-11)5-6-14-12/h5-9H,1-4,13H2. The molecule has 0 saturated heterocycles. The summed E-state index contributed by atoms with van der Waals surface area (Å²) in [6.07, 6.45) is 5.36. The summed E-state index contributed by atoms with van der Waals surface area (Å²) in [5.74, 6) is 0.997. The van der Waals surface area contributed by atoms with Crippen molar-refractivity contribution < 1.29 is 0 Å². The minimum absolute atomic E-state index is 0.273. The molecular formula is C12H15NS2. The first-order valence-electron chi connectivity index (χ1n) is 5.55. The van der Waals surface area contributed by atoms with Crippen LogP contribution in [0.4, 0.5) is 0 Å². The molecule has 0 amide bonds. The van der Waals surface area contributed by atoms with Gasteiger partial charge in [-0.1, -0.05) is 12.8 Å². The van der Waals surface area contributed by atoms with Crippen molar-refractivity contribution in [3.63, 3.8) is 0 Å². The summed E-state index contributed by atoms with van der Waals surface area (Å²) in [5.41, 5.74) is 6.21. The fraction of sp³-hybridized carbons (Fsp3) is 0.500. The lowest BCUT2D eigenvalue weighted by molar-refractivity contribution is 0.582. The molecule has 1 aliphatic carbocycles. The third-order valence-corrected chi connectivity index (χ3v) is 5.33. The third kappa shape index (κ3) is 2.10. The van der Waals surface area contributed by atoms with E-state index in [1.54, 1.807) is 0 Å². The van der Waals surface area contributed by atoms with Crippen molar-refractivity contribution in [2.75, 3.05) is 0 Å². The van der Waals surface area contributed by atoms with E-state index in [0.29, 0.717) is 0 Å². The maximum absolute atomic E-state index is 6.21. The summed E-state index contributed by atoms with van der Waals surface area (Å²) in [6, 6.07) is 4.75. The van der Waals surface area contributed by atoms with Crippen LogP contribution in [0.25, 0.3) is 9.40 Å². The van der Waals surface area contributed by atoms with Crippen molar-refractivity contribution in [1.82, 2.24) is 0 Å². The van der Waals surface area contributed by atoms with Gasteiger partial charge < -0.3 is 5.73 Å². The lowest BCUT2D eigenvalue weighted by Crippen LogP contribution is -2.08. The van der Waals surface area contributed by atoms with Gasteiger partial charge >= 0.3 is 0 Å². The van der Waals surface area contributed by atoms with Gasteiger partial charge in [0.2, 0.25) is 0 Å². The Bertz CT molecular complexity index is 424. The van der Waals surface area contributed by atoms with Gasteiger partial charge in [-0.25, -0.2) is 0 Å². The minimum atomic E-state index is 0.273. The largest absolute Gasteiger partial charge is 0.323 e. The Morgan fingerprint density at radius 3 is 3.00 bits per heavy atom. The van der Waals surface area contributed by atoms with Crippen LogP contribution < -0.4 is 5.73 Å². The average Bonchev–Trinajstić information content (AvgIpc) is 2.79. The molecule has 1 fully saturated rings. The first kappa shape index (κ1) is 9.82. The molecule has 1 atom stereocenters. The van der Waals surface area contributed by atoms with Gasteiger partial charge in [-0.05, 0) is 36.3 Å². The second-order valence-electron chi connectivity index (χ2n) is 4.43. The molecule has 15 heavy (non-hydrogen) atoms. The summed E-state index contributed by atoms with van der Waals surface area (Å²) < 4.78 is 2.80. The van der Waals surface area contributed by atoms with Crippen LogP contribution >= 0.6 is 22.7 Å². The highest BCUT2D eigenvalue weighted by Crippen LogP contribution is 2.38. The van der Waals surface area contributed by atoms with Gasteiger partial charge in [0.05, 0.1) is 0 Å². The van der Waals surface area contributed by atoms with Crippen LogP contribution in [0.1, 0.15) is 36.6 Å². The normalized spacial score (nSPS) is 18.5. The molecule has 80 valence electrons. The van der Waals surface area contributed by atoms with Gasteiger partial charge in [-0.2, -0.15) is 0 Å². The molecule has 2 aromatic rings. The minimum Gasteiger partial charge on any atom is -0.323 e.